The molecule has 2 aromatic rings. The fourth-order valence-electron chi connectivity index (χ4n) is 3.39. The van der Waals surface area contributed by atoms with E-state index in [9.17, 15) is 18.0 Å². The average Bonchev–Trinajstić information content (AvgIpc) is 3.09. The van der Waals surface area contributed by atoms with Crippen LogP contribution in [0.4, 0.5) is 11.4 Å². The molecule has 0 N–H and O–H groups in total. The van der Waals surface area contributed by atoms with Crippen LogP contribution in [0.1, 0.15) is 24.5 Å². The first-order chi connectivity index (χ1) is 13.2. The summed E-state index contributed by atoms with van der Waals surface area (Å²) in [5.74, 6) is -0.561. The van der Waals surface area contributed by atoms with Crippen molar-refractivity contribution in [3.8, 4) is 0 Å². The molecule has 7 heteroatoms. The van der Waals surface area contributed by atoms with E-state index >= 15 is 0 Å². The lowest BCUT2D eigenvalue weighted by molar-refractivity contribution is -0.118. The van der Waals surface area contributed by atoms with Crippen LogP contribution in [0.2, 0.25) is 0 Å². The molecule has 0 aromatic heterocycles. The molecule has 0 fully saturated rings. The number of fused-ring (bicyclic) bond motifs is 1. The summed E-state index contributed by atoms with van der Waals surface area (Å²) in [6, 6.07) is 12.3. The monoisotopic (exact) mass is 400 g/mol. The predicted octanol–water partition coefficient (Wildman–Crippen LogP) is 2.73. The molecule has 0 radical (unpaired) electrons. The zero-order chi connectivity index (χ0) is 20.5. The van der Waals surface area contributed by atoms with Crippen LogP contribution in [0.5, 0.6) is 0 Å². The lowest BCUT2D eigenvalue weighted by atomic mass is 10.2. The Kier molecular flexibility index (Phi) is 5.56. The van der Waals surface area contributed by atoms with Crippen molar-refractivity contribution in [2.45, 2.75) is 31.6 Å². The molecule has 28 heavy (non-hydrogen) atoms. The van der Waals surface area contributed by atoms with Gasteiger partial charge in [0.05, 0.1) is 10.6 Å². The Morgan fingerprint density at radius 1 is 1.14 bits per heavy atom. The van der Waals surface area contributed by atoms with Gasteiger partial charge < -0.3 is 9.80 Å². The highest BCUT2D eigenvalue weighted by atomic mass is 32.2. The van der Waals surface area contributed by atoms with Gasteiger partial charge in [-0.15, -0.1) is 0 Å². The van der Waals surface area contributed by atoms with Crippen molar-refractivity contribution in [2.24, 2.45) is 0 Å². The molecule has 1 aliphatic rings. The SMILES string of the molecule is CC(=O)N1CCc2cc(S(=O)(=O)CCC(=O)N(C)c3cccc(C)c3)ccc21. The van der Waals surface area contributed by atoms with E-state index in [4.69, 9.17) is 0 Å². The molecule has 0 saturated carbocycles. The molecule has 0 spiro atoms. The molecular weight excluding hydrogens is 376 g/mol. The number of sulfone groups is 1. The zero-order valence-corrected chi connectivity index (χ0v) is 17.1. The van der Waals surface area contributed by atoms with Crippen molar-refractivity contribution in [3.05, 3.63) is 53.6 Å². The third kappa shape index (κ3) is 4.09. The van der Waals surface area contributed by atoms with Crippen molar-refractivity contribution in [2.75, 3.05) is 29.1 Å². The van der Waals surface area contributed by atoms with Crippen LogP contribution < -0.4 is 9.80 Å². The number of anilines is 2. The van der Waals surface area contributed by atoms with Gasteiger partial charge in [-0.3, -0.25) is 9.59 Å². The molecule has 6 nitrogen and oxygen atoms in total. The van der Waals surface area contributed by atoms with Gasteiger partial charge in [-0.25, -0.2) is 8.42 Å². The first kappa shape index (κ1) is 20.1. The van der Waals surface area contributed by atoms with Gasteiger partial charge in [0, 0.05) is 38.3 Å². The Balaban J connectivity index is 1.71. The first-order valence-corrected chi connectivity index (χ1v) is 10.8. The Morgan fingerprint density at radius 3 is 2.57 bits per heavy atom. The normalized spacial score (nSPS) is 13.3. The summed E-state index contributed by atoms with van der Waals surface area (Å²) >= 11 is 0. The molecule has 2 aromatic carbocycles. The van der Waals surface area contributed by atoms with Crippen molar-refractivity contribution >= 4 is 33.0 Å². The second kappa shape index (κ2) is 7.75. The van der Waals surface area contributed by atoms with E-state index in [0.29, 0.717) is 13.0 Å². The standard InChI is InChI=1S/C21H24N2O4S/c1-15-5-4-6-18(13-15)22(3)21(25)10-12-28(26,27)19-7-8-20-17(14-19)9-11-23(20)16(2)24/h4-8,13-14H,9-12H2,1-3H3. The minimum atomic E-state index is -3.59. The summed E-state index contributed by atoms with van der Waals surface area (Å²) in [5.41, 5.74) is 3.38. The third-order valence-electron chi connectivity index (χ3n) is 5.03. The molecule has 2 amide bonds. The van der Waals surface area contributed by atoms with E-state index in [-0.39, 0.29) is 28.9 Å². The molecule has 0 bridgehead atoms. The quantitative estimate of drug-likeness (QED) is 0.773. The molecule has 3 rings (SSSR count). The van der Waals surface area contributed by atoms with Crippen LogP contribution in [-0.4, -0.2) is 39.6 Å². The molecule has 0 unspecified atom stereocenters. The van der Waals surface area contributed by atoms with Crippen LogP contribution in [0.15, 0.2) is 47.4 Å². The fourth-order valence-corrected chi connectivity index (χ4v) is 4.66. The maximum atomic E-state index is 12.7. The van der Waals surface area contributed by atoms with Gasteiger partial charge in [-0.05, 0) is 54.8 Å². The fraction of sp³-hybridized carbons (Fsp3) is 0.333. The average molecular weight is 401 g/mol. The van der Waals surface area contributed by atoms with Crippen molar-refractivity contribution in [3.63, 3.8) is 0 Å². The maximum Gasteiger partial charge on any atom is 0.227 e. The number of hydrogen-bond donors (Lipinski definition) is 0. The highest BCUT2D eigenvalue weighted by Gasteiger charge is 2.25. The third-order valence-corrected chi connectivity index (χ3v) is 6.75. The van der Waals surface area contributed by atoms with Gasteiger partial charge >= 0.3 is 0 Å². The zero-order valence-electron chi connectivity index (χ0n) is 16.3. The van der Waals surface area contributed by atoms with Gasteiger partial charge in [-0.1, -0.05) is 12.1 Å². The largest absolute Gasteiger partial charge is 0.315 e. The Bertz CT molecular complexity index is 1030. The summed E-state index contributed by atoms with van der Waals surface area (Å²) in [5, 5.41) is 0. The van der Waals surface area contributed by atoms with E-state index in [1.807, 2.05) is 31.2 Å². The maximum absolute atomic E-state index is 12.7. The van der Waals surface area contributed by atoms with Gasteiger partial charge in [0.15, 0.2) is 9.84 Å². The Hall–Kier alpha value is -2.67. The number of carbonyl (C=O) groups excluding carboxylic acids is 2. The van der Waals surface area contributed by atoms with Crippen LogP contribution in [-0.2, 0) is 25.8 Å². The van der Waals surface area contributed by atoms with E-state index in [1.54, 1.807) is 24.1 Å². The van der Waals surface area contributed by atoms with E-state index in [2.05, 4.69) is 0 Å². The van der Waals surface area contributed by atoms with Gasteiger partial charge in [0.1, 0.15) is 0 Å². The number of aryl methyl sites for hydroxylation is 1. The topological polar surface area (TPSA) is 74.8 Å². The molecule has 0 aliphatic carbocycles. The predicted molar refractivity (Wildman–Crippen MR) is 109 cm³/mol. The smallest absolute Gasteiger partial charge is 0.227 e. The molecular formula is C21H24N2O4S. The Morgan fingerprint density at radius 2 is 1.89 bits per heavy atom. The van der Waals surface area contributed by atoms with Crippen LogP contribution >= 0.6 is 0 Å². The lowest BCUT2D eigenvalue weighted by Gasteiger charge is -2.18. The second-order valence-corrected chi connectivity index (χ2v) is 9.18. The summed E-state index contributed by atoms with van der Waals surface area (Å²) < 4.78 is 25.4. The van der Waals surface area contributed by atoms with Gasteiger partial charge in [-0.2, -0.15) is 0 Å². The number of amides is 2. The lowest BCUT2D eigenvalue weighted by Crippen LogP contribution is -2.28. The summed E-state index contributed by atoms with van der Waals surface area (Å²) in [6.45, 7) is 4.00. The summed E-state index contributed by atoms with van der Waals surface area (Å²) in [4.78, 5) is 27.4. The van der Waals surface area contributed by atoms with E-state index < -0.39 is 9.84 Å². The number of carbonyl (C=O) groups is 2. The second-order valence-electron chi connectivity index (χ2n) is 7.07. The molecule has 0 atom stereocenters. The van der Waals surface area contributed by atoms with Gasteiger partial charge in [0.2, 0.25) is 11.8 Å². The number of benzene rings is 2. The molecule has 1 heterocycles. The number of nitrogens with zero attached hydrogens (tertiary/aromatic N) is 2. The first-order valence-electron chi connectivity index (χ1n) is 9.16. The summed E-state index contributed by atoms with van der Waals surface area (Å²) in [6.07, 6.45) is 0.538. The van der Waals surface area contributed by atoms with Crippen molar-refractivity contribution < 1.29 is 18.0 Å². The summed E-state index contributed by atoms with van der Waals surface area (Å²) in [7, 11) is -1.94. The van der Waals surface area contributed by atoms with Gasteiger partial charge in [0.25, 0.3) is 0 Å². The highest BCUT2D eigenvalue weighted by molar-refractivity contribution is 7.91. The minimum Gasteiger partial charge on any atom is -0.315 e. The van der Waals surface area contributed by atoms with Crippen LogP contribution in [0, 0.1) is 6.92 Å². The van der Waals surface area contributed by atoms with E-state index in [1.165, 1.54) is 17.9 Å². The number of rotatable bonds is 5. The number of hydrogen-bond acceptors (Lipinski definition) is 4. The Labute approximate surface area is 165 Å². The molecule has 0 saturated heterocycles. The van der Waals surface area contributed by atoms with Crippen LogP contribution in [0.3, 0.4) is 0 Å². The molecule has 148 valence electrons. The molecule has 1 aliphatic heterocycles. The highest BCUT2D eigenvalue weighted by Crippen LogP contribution is 2.30. The van der Waals surface area contributed by atoms with Crippen molar-refractivity contribution in [1.82, 2.24) is 0 Å². The van der Waals surface area contributed by atoms with Crippen LogP contribution in [0.25, 0.3) is 0 Å². The van der Waals surface area contributed by atoms with Crippen molar-refractivity contribution in [1.29, 1.82) is 0 Å². The van der Waals surface area contributed by atoms with E-state index in [0.717, 1.165) is 22.5 Å². The minimum absolute atomic E-state index is 0.0564.